The minimum absolute atomic E-state index is 0.666. The van der Waals surface area contributed by atoms with Crippen molar-refractivity contribution >= 4 is 23.1 Å². The standard InChI is InChI=1S/C16H22N4O/c1-4-20(9-12-6-5-7-12)15-13(10-21)8-14-11(2)18-19(3)16(14)17-15/h8,10,12H,4-7,9H2,1-3H3. The molecule has 0 aromatic carbocycles. The average Bonchev–Trinajstić information content (AvgIpc) is 2.71. The summed E-state index contributed by atoms with van der Waals surface area (Å²) in [4.78, 5) is 18.5. The van der Waals surface area contributed by atoms with Crippen LogP contribution in [0.4, 0.5) is 5.82 Å². The molecule has 1 aliphatic carbocycles. The Morgan fingerprint density at radius 3 is 2.81 bits per heavy atom. The Bertz CT molecular complexity index is 672. The average molecular weight is 286 g/mol. The van der Waals surface area contributed by atoms with E-state index in [1.807, 2.05) is 20.0 Å². The Kier molecular flexibility index (Phi) is 3.66. The highest BCUT2D eigenvalue weighted by Gasteiger charge is 2.23. The van der Waals surface area contributed by atoms with E-state index in [4.69, 9.17) is 4.98 Å². The van der Waals surface area contributed by atoms with Gasteiger partial charge in [-0.3, -0.25) is 9.48 Å². The number of pyridine rings is 1. The summed E-state index contributed by atoms with van der Waals surface area (Å²) >= 11 is 0. The molecule has 3 rings (SSSR count). The van der Waals surface area contributed by atoms with Gasteiger partial charge in [-0.25, -0.2) is 4.98 Å². The molecule has 0 bridgehead atoms. The smallest absolute Gasteiger partial charge is 0.160 e. The van der Waals surface area contributed by atoms with Crippen LogP contribution in [0.15, 0.2) is 6.07 Å². The molecule has 0 radical (unpaired) electrons. The second kappa shape index (κ2) is 5.47. The minimum atomic E-state index is 0.666. The molecule has 5 nitrogen and oxygen atoms in total. The Balaban J connectivity index is 2.05. The number of carbonyl (C=O) groups excluding carboxylic acids is 1. The molecule has 2 aromatic heterocycles. The van der Waals surface area contributed by atoms with Crippen LogP contribution in [0.5, 0.6) is 0 Å². The van der Waals surface area contributed by atoms with Crippen molar-refractivity contribution in [2.45, 2.75) is 33.1 Å². The van der Waals surface area contributed by atoms with Crippen molar-refractivity contribution < 1.29 is 4.79 Å². The monoisotopic (exact) mass is 286 g/mol. The first kappa shape index (κ1) is 14.0. The first-order valence-corrected chi connectivity index (χ1v) is 7.68. The lowest BCUT2D eigenvalue weighted by atomic mass is 9.85. The zero-order valence-electron chi connectivity index (χ0n) is 13.0. The lowest BCUT2D eigenvalue weighted by Crippen LogP contribution is -2.33. The molecule has 112 valence electrons. The zero-order chi connectivity index (χ0) is 15.0. The van der Waals surface area contributed by atoms with Gasteiger partial charge < -0.3 is 4.90 Å². The van der Waals surface area contributed by atoms with E-state index in [1.165, 1.54) is 19.3 Å². The van der Waals surface area contributed by atoms with Crippen molar-refractivity contribution in [2.24, 2.45) is 13.0 Å². The molecular weight excluding hydrogens is 264 g/mol. The molecule has 0 amide bonds. The number of rotatable bonds is 5. The minimum Gasteiger partial charge on any atom is -0.356 e. The van der Waals surface area contributed by atoms with E-state index in [0.29, 0.717) is 5.56 Å². The molecule has 0 aliphatic heterocycles. The summed E-state index contributed by atoms with van der Waals surface area (Å²) in [5.74, 6) is 1.55. The first-order valence-electron chi connectivity index (χ1n) is 7.68. The zero-order valence-corrected chi connectivity index (χ0v) is 13.0. The van der Waals surface area contributed by atoms with E-state index in [-0.39, 0.29) is 0 Å². The first-order chi connectivity index (χ1) is 10.1. The highest BCUT2D eigenvalue weighted by Crippen LogP contribution is 2.30. The third kappa shape index (κ3) is 2.41. The molecule has 1 saturated carbocycles. The second-order valence-electron chi connectivity index (χ2n) is 5.93. The molecule has 0 spiro atoms. The van der Waals surface area contributed by atoms with Crippen molar-refractivity contribution in [3.63, 3.8) is 0 Å². The molecule has 5 heteroatoms. The highest BCUT2D eigenvalue weighted by molar-refractivity contribution is 5.91. The second-order valence-corrected chi connectivity index (χ2v) is 5.93. The Morgan fingerprint density at radius 2 is 2.24 bits per heavy atom. The van der Waals surface area contributed by atoms with Crippen LogP contribution in [-0.2, 0) is 7.05 Å². The van der Waals surface area contributed by atoms with Gasteiger partial charge in [0.25, 0.3) is 0 Å². The Labute approximate surface area is 125 Å². The molecule has 21 heavy (non-hydrogen) atoms. The predicted octanol–water partition coefficient (Wildman–Crippen LogP) is 2.72. The van der Waals surface area contributed by atoms with Crippen LogP contribution in [0, 0.1) is 12.8 Å². The number of aldehydes is 1. The van der Waals surface area contributed by atoms with Crippen molar-refractivity contribution in [2.75, 3.05) is 18.0 Å². The van der Waals surface area contributed by atoms with Crippen LogP contribution in [0.3, 0.4) is 0 Å². The number of anilines is 1. The molecule has 0 N–H and O–H groups in total. The van der Waals surface area contributed by atoms with Gasteiger partial charge >= 0.3 is 0 Å². The summed E-state index contributed by atoms with van der Waals surface area (Å²) in [5.41, 5.74) is 2.43. The van der Waals surface area contributed by atoms with E-state index < -0.39 is 0 Å². The third-order valence-electron chi connectivity index (χ3n) is 4.52. The number of aromatic nitrogens is 3. The maximum Gasteiger partial charge on any atom is 0.160 e. The summed E-state index contributed by atoms with van der Waals surface area (Å²) in [6.45, 7) is 5.93. The van der Waals surface area contributed by atoms with Crippen LogP contribution in [-0.4, -0.2) is 34.1 Å². The third-order valence-corrected chi connectivity index (χ3v) is 4.52. The van der Waals surface area contributed by atoms with Gasteiger partial charge in [0.15, 0.2) is 11.9 Å². The normalized spacial score (nSPS) is 15.2. The lowest BCUT2D eigenvalue weighted by molar-refractivity contribution is 0.112. The fourth-order valence-corrected chi connectivity index (χ4v) is 3.04. The van der Waals surface area contributed by atoms with Crippen molar-refractivity contribution in [3.8, 4) is 0 Å². The van der Waals surface area contributed by atoms with Crippen LogP contribution < -0.4 is 4.90 Å². The number of carbonyl (C=O) groups is 1. The van der Waals surface area contributed by atoms with Gasteiger partial charge in [0.1, 0.15) is 5.82 Å². The maximum atomic E-state index is 11.5. The topological polar surface area (TPSA) is 51.0 Å². The van der Waals surface area contributed by atoms with Crippen molar-refractivity contribution in [1.29, 1.82) is 0 Å². The van der Waals surface area contributed by atoms with Gasteiger partial charge in [0.2, 0.25) is 0 Å². The van der Waals surface area contributed by atoms with E-state index in [1.54, 1.807) is 4.68 Å². The fourth-order valence-electron chi connectivity index (χ4n) is 3.04. The van der Waals surface area contributed by atoms with Gasteiger partial charge in [-0.15, -0.1) is 0 Å². The summed E-state index contributed by atoms with van der Waals surface area (Å²) in [7, 11) is 1.90. The quantitative estimate of drug-likeness (QED) is 0.793. The fraction of sp³-hybridized carbons (Fsp3) is 0.562. The summed E-state index contributed by atoms with van der Waals surface area (Å²) in [6.07, 6.45) is 4.83. The van der Waals surface area contributed by atoms with E-state index in [9.17, 15) is 4.79 Å². The van der Waals surface area contributed by atoms with Crippen molar-refractivity contribution in [1.82, 2.24) is 14.8 Å². The highest BCUT2D eigenvalue weighted by atomic mass is 16.1. The molecular formula is C16H22N4O. The van der Waals surface area contributed by atoms with Gasteiger partial charge in [0, 0.05) is 25.5 Å². The maximum absolute atomic E-state index is 11.5. The molecule has 1 fully saturated rings. The number of hydrogen-bond acceptors (Lipinski definition) is 4. The Morgan fingerprint density at radius 1 is 1.48 bits per heavy atom. The van der Waals surface area contributed by atoms with Gasteiger partial charge in [0.05, 0.1) is 11.3 Å². The van der Waals surface area contributed by atoms with Gasteiger partial charge in [-0.2, -0.15) is 5.10 Å². The number of aryl methyl sites for hydroxylation is 2. The van der Waals surface area contributed by atoms with Gasteiger partial charge in [-0.05, 0) is 38.7 Å². The summed E-state index contributed by atoms with van der Waals surface area (Å²) in [6, 6.07) is 1.93. The van der Waals surface area contributed by atoms with Crippen LogP contribution >= 0.6 is 0 Å². The Hall–Kier alpha value is -1.91. The predicted molar refractivity (Wildman–Crippen MR) is 83.9 cm³/mol. The molecule has 0 saturated heterocycles. The number of hydrogen-bond donors (Lipinski definition) is 0. The number of nitrogens with zero attached hydrogens (tertiary/aromatic N) is 4. The SMILES string of the molecule is CCN(CC1CCC1)c1nc2c(cc1C=O)c(C)nn2C. The molecule has 2 aromatic rings. The summed E-state index contributed by atoms with van der Waals surface area (Å²) in [5, 5.41) is 5.36. The van der Waals surface area contributed by atoms with Crippen molar-refractivity contribution in [3.05, 3.63) is 17.3 Å². The summed E-state index contributed by atoms with van der Waals surface area (Å²) < 4.78 is 1.79. The van der Waals surface area contributed by atoms with E-state index in [2.05, 4.69) is 16.9 Å². The van der Waals surface area contributed by atoms with E-state index in [0.717, 1.165) is 47.8 Å². The number of fused-ring (bicyclic) bond motifs is 1. The molecule has 2 heterocycles. The lowest BCUT2D eigenvalue weighted by Gasteiger charge is -2.33. The molecule has 1 aliphatic rings. The largest absolute Gasteiger partial charge is 0.356 e. The van der Waals surface area contributed by atoms with Crippen LogP contribution in [0.2, 0.25) is 0 Å². The molecule has 0 unspecified atom stereocenters. The van der Waals surface area contributed by atoms with Gasteiger partial charge in [-0.1, -0.05) is 6.42 Å². The van der Waals surface area contributed by atoms with E-state index >= 15 is 0 Å². The van der Waals surface area contributed by atoms with Crippen LogP contribution in [0.1, 0.15) is 42.2 Å². The molecule has 0 atom stereocenters. The van der Waals surface area contributed by atoms with Crippen LogP contribution in [0.25, 0.3) is 11.0 Å².